The minimum atomic E-state index is -2.94. The fourth-order valence-corrected chi connectivity index (χ4v) is 2.36. The standard InChI is InChI=1S/C14H22FN3O2S/c1-3-16-14(17-8-5-9-21(2,19)20)18-11-12-6-4-7-13(15)10-12/h4,6-7,10H,3,5,8-9,11H2,1-2H3,(H2,16,17,18). The fraction of sp³-hybridized carbons (Fsp3) is 0.500. The van der Waals surface area contributed by atoms with E-state index in [0.717, 1.165) is 5.56 Å². The Morgan fingerprint density at radius 2 is 2.10 bits per heavy atom. The van der Waals surface area contributed by atoms with Crippen molar-refractivity contribution < 1.29 is 12.8 Å². The second-order valence-electron chi connectivity index (χ2n) is 4.74. The summed E-state index contributed by atoms with van der Waals surface area (Å²) >= 11 is 0. The van der Waals surface area contributed by atoms with Crippen molar-refractivity contribution in [2.75, 3.05) is 25.1 Å². The molecule has 118 valence electrons. The predicted octanol–water partition coefficient (Wildman–Crippen LogP) is 1.32. The Balaban J connectivity index is 2.50. The van der Waals surface area contributed by atoms with E-state index in [1.54, 1.807) is 12.1 Å². The molecule has 0 saturated heterocycles. The lowest BCUT2D eigenvalue weighted by atomic mass is 10.2. The van der Waals surface area contributed by atoms with Crippen molar-refractivity contribution in [3.8, 4) is 0 Å². The van der Waals surface area contributed by atoms with Crippen LogP contribution in [0.1, 0.15) is 18.9 Å². The van der Waals surface area contributed by atoms with E-state index in [1.807, 2.05) is 6.92 Å². The molecule has 5 nitrogen and oxygen atoms in total. The number of hydrogen-bond donors (Lipinski definition) is 2. The molecule has 1 rings (SSSR count). The first-order valence-corrected chi connectivity index (χ1v) is 8.91. The van der Waals surface area contributed by atoms with Gasteiger partial charge in [0.1, 0.15) is 15.7 Å². The summed E-state index contributed by atoms with van der Waals surface area (Å²) in [5, 5.41) is 6.12. The van der Waals surface area contributed by atoms with Crippen LogP contribution in [0.15, 0.2) is 29.3 Å². The van der Waals surface area contributed by atoms with Crippen LogP contribution in [0.5, 0.6) is 0 Å². The van der Waals surface area contributed by atoms with Crippen molar-refractivity contribution in [2.45, 2.75) is 19.9 Å². The zero-order valence-electron chi connectivity index (χ0n) is 12.4. The van der Waals surface area contributed by atoms with Gasteiger partial charge in [0.25, 0.3) is 0 Å². The van der Waals surface area contributed by atoms with Gasteiger partial charge >= 0.3 is 0 Å². The highest BCUT2D eigenvalue weighted by atomic mass is 32.2. The van der Waals surface area contributed by atoms with Crippen LogP contribution in [-0.2, 0) is 16.4 Å². The molecular formula is C14H22FN3O2S. The highest BCUT2D eigenvalue weighted by Crippen LogP contribution is 2.04. The molecule has 0 aromatic heterocycles. The minimum absolute atomic E-state index is 0.142. The van der Waals surface area contributed by atoms with Crippen molar-refractivity contribution in [3.05, 3.63) is 35.6 Å². The van der Waals surface area contributed by atoms with Gasteiger partial charge in [-0.05, 0) is 31.0 Å². The van der Waals surface area contributed by atoms with Gasteiger partial charge in [0.2, 0.25) is 0 Å². The predicted molar refractivity (Wildman–Crippen MR) is 83.5 cm³/mol. The highest BCUT2D eigenvalue weighted by Gasteiger charge is 2.02. The Kier molecular flexibility index (Phi) is 7.14. The first kappa shape index (κ1) is 17.4. The van der Waals surface area contributed by atoms with E-state index in [4.69, 9.17) is 0 Å². The first-order chi connectivity index (χ1) is 9.90. The maximum absolute atomic E-state index is 13.1. The number of rotatable bonds is 7. The van der Waals surface area contributed by atoms with E-state index < -0.39 is 9.84 Å². The van der Waals surface area contributed by atoms with Crippen LogP contribution in [0.4, 0.5) is 4.39 Å². The molecule has 0 aliphatic heterocycles. The zero-order chi connectivity index (χ0) is 15.7. The van der Waals surface area contributed by atoms with Crippen molar-refractivity contribution >= 4 is 15.8 Å². The van der Waals surface area contributed by atoms with Gasteiger partial charge in [-0.25, -0.2) is 17.8 Å². The van der Waals surface area contributed by atoms with Crippen LogP contribution in [0.25, 0.3) is 0 Å². The van der Waals surface area contributed by atoms with E-state index in [0.29, 0.717) is 32.0 Å². The fourth-order valence-electron chi connectivity index (χ4n) is 1.69. The normalized spacial score (nSPS) is 12.2. The number of benzene rings is 1. The quantitative estimate of drug-likeness (QED) is 0.452. The van der Waals surface area contributed by atoms with Crippen LogP contribution >= 0.6 is 0 Å². The molecule has 1 aromatic carbocycles. The molecule has 1 aromatic rings. The first-order valence-electron chi connectivity index (χ1n) is 6.85. The third-order valence-corrected chi connectivity index (χ3v) is 3.67. The van der Waals surface area contributed by atoms with E-state index in [1.165, 1.54) is 18.4 Å². The van der Waals surface area contributed by atoms with Gasteiger partial charge in [-0.15, -0.1) is 0 Å². The lowest BCUT2D eigenvalue weighted by Gasteiger charge is -2.11. The molecule has 0 aliphatic carbocycles. The maximum atomic E-state index is 13.1. The largest absolute Gasteiger partial charge is 0.357 e. The Labute approximate surface area is 125 Å². The summed E-state index contributed by atoms with van der Waals surface area (Å²) in [5.74, 6) is 0.451. The number of nitrogens with one attached hydrogen (secondary N) is 2. The number of nitrogens with zero attached hydrogens (tertiary/aromatic N) is 1. The number of sulfone groups is 1. The molecule has 0 radical (unpaired) electrons. The Hall–Kier alpha value is -1.63. The summed E-state index contributed by atoms with van der Waals surface area (Å²) in [4.78, 5) is 4.34. The Bertz CT molecular complexity index is 573. The second-order valence-corrected chi connectivity index (χ2v) is 7.00. The summed E-state index contributed by atoms with van der Waals surface area (Å²) in [6.07, 6.45) is 1.74. The molecule has 0 atom stereocenters. The second kappa shape index (κ2) is 8.61. The number of hydrogen-bond acceptors (Lipinski definition) is 3. The van der Waals surface area contributed by atoms with Gasteiger partial charge < -0.3 is 10.6 Å². The molecule has 0 heterocycles. The highest BCUT2D eigenvalue weighted by molar-refractivity contribution is 7.90. The number of halogens is 1. The van der Waals surface area contributed by atoms with E-state index in [-0.39, 0.29) is 11.6 Å². The van der Waals surface area contributed by atoms with Crippen molar-refractivity contribution in [1.82, 2.24) is 10.6 Å². The van der Waals surface area contributed by atoms with Crippen molar-refractivity contribution in [1.29, 1.82) is 0 Å². The number of guanidine groups is 1. The SMILES string of the molecule is CCNC(=NCc1cccc(F)c1)NCCCS(C)(=O)=O. The van der Waals surface area contributed by atoms with Gasteiger partial charge in [-0.2, -0.15) is 0 Å². The summed E-state index contributed by atoms with van der Waals surface area (Å²) < 4.78 is 35.1. The average Bonchev–Trinajstić information content (AvgIpc) is 2.39. The molecule has 0 bridgehead atoms. The lowest BCUT2D eigenvalue weighted by Crippen LogP contribution is -2.38. The smallest absolute Gasteiger partial charge is 0.191 e. The Morgan fingerprint density at radius 3 is 2.71 bits per heavy atom. The van der Waals surface area contributed by atoms with Crippen molar-refractivity contribution in [3.63, 3.8) is 0 Å². The summed E-state index contributed by atoms with van der Waals surface area (Å²) in [5.41, 5.74) is 0.781. The minimum Gasteiger partial charge on any atom is -0.357 e. The zero-order valence-corrected chi connectivity index (χ0v) is 13.2. The van der Waals surface area contributed by atoms with Gasteiger partial charge in [0.15, 0.2) is 5.96 Å². The van der Waals surface area contributed by atoms with E-state index in [2.05, 4.69) is 15.6 Å². The molecule has 0 aliphatic rings. The third kappa shape index (κ3) is 8.29. The topological polar surface area (TPSA) is 70.6 Å². The van der Waals surface area contributed by atoms with Gasteiger partial charge in [-0.1, -0.05) is 12.1 Å². The third-order valence-electron chi connectivity index (χ3n) is 2.64. The van der Waals surface area contributed by atoms with E-state index in [9.17, 15) is 12.8 Å². The molecule has 0 amide bonds. The lowest BCUT2D eigenvalue weighted by molar-refractivity contribution is 0.598. The van der Waals surface area contributed by atoms with Crippen LogP contribution < -0.4 is 10.6 Å². The molecule has 21 heavy (non-hydrogen) atoms. The molecule has 0 unspecified atom stereocenters. The van der Waals surface area contributed by atoms with Crippen LogP contribution in [0.3, 0.4) is 0 Å². The van der Waals surface area contributed by atoms with Gasteiger partial charge in [0, 0.05) is 19.3 Å². The summed E-state index contributed by atoms with van der Waals surface area (Å²) in [7, 11) is -2.94. The van der Waals surface area contributed by atoms with E-state index >= 15 is 0 Å². The summed E-state index contributed by atoms with van der Waals surface area (Å²) in [6.45, 7) is 3.51. The summed E-state index contributed by atoms with van der Waals surface area (Å²) in [6, 6.07) is 6.28. The molecule has 0 saturated carbocycles. The van der Waals surface area contributed by atoms with Crippen LogP contribution in [0.2, 0.25) is 0 Å². The van der Waals surface area contributed by atoms with Crippen LogP contribution in [-0.4, -0.2) is 39.5 Å². The molecule has 0 fully saturated rings. The molecular weight excluding hydrogens is 293 g/mol. The van der Waals surface area contributed by atoms with Gasteiger partial charge in [-0.3, -0.25) is 0 Å². The van der Waals surface area contributed by atoms with Crippen LogP contribution in [0, 0.1) is 5.82 Å². The molecule has 2 N–H and O–H groups in total. The maximum Gasteiger partial charge on any atom is 0.191 e. The average molecular weight is 315 g/mol. The molecule has 0 spiro atoms. The molecule has 7 heteroatoms. The Morgan fingerprint density at radius 1 is 1.33 bits per heavy atom. The van der Waals surface area contributed by atoms with Gasteiger partial charge in [0.05, 0.1) is 12.3 Å². The number of aliphatic imine (C=N–C) groups is 1. The monoisotopic (exact) mass is 315 g/mol. The van der Waals surface area contributed by atoms with Crippen molar-refractivity contribution in [2.24, 2.45) is 4.99 Å².